The highest BCUT2D eigenvalue weighted by atomic mass is 32.1. The molecule has 0 unspecified atom stereocenters. The average Bonchev–Trinajstić information content (AvgIpc) is 3.05. The third-order valence-electron chi connectivity index (χ3n) is 5.38. The summed E-state index contributed by atoms with van der Waals surface area (Å²) in [5, 5.41) is 2.01. The van der Waals surface area contributed by atoms with Crippen LogP contribution in [0.1, 0.15) is 35.3 Å². The van der Waals surface area contributed by atoms with Crippen LogP contribution in [0.3, 0.4) is 0 Å². The van der Waals surface area contributed by atoms with Gasteiger partial charge in [-0.05, 0) is 54.5 Å². The normalized spacial score (nSPS) is 13.6. The molecule has 1 aromatic heterocycles. The maximum Gasteiger partial charge on any atom is 0.242 e. The highest BCUT2D eigenvalue weighted by Crippen LogP contribution is 2.28. The van der Waals surface area contributed by atoms with Gasteiger partial charge in [0.1, 0.15) is 12.4 Å². The Labute approximate surface area is 175 Å². The van der Waals surface area contributed by atoms with E-state index < -0.39 is 0 Å². The third kappa shape index (κ3) is 5.54. The lowest BCUT2D eigenvalue weighted by molar-refractivity contribution is -0.144. The predicted octanol–water partition coefficient (Wildman–Crippen LogP) is 4.54. The standard InChI is InChI=1S/C23H27FN2O2S/c1-3-12-25(23(28)19-5-4-6-19)16-22(27)26(15-21-17(2)11-13-29-21)14-18-7-9-20(24)10-8-18/h3,7-11,13,19H,1,4-6,12,14-16H2,2H3. The first-order valence-corrected chi connectivity index (χ1v) is 10.8. The summed E-state index contributed by atoms with van der Waals surface area (Å²) in [7, 11) is 0. The molecule has 0 N–H and O–H groups in total. The fourth-order valence-corrected chi connectivity index (χ4v) is 4.27. The SMILES string of the molecule is C=CCN(CC(=O)N(Cc1ccc(F)cc1)Cc1sccc1C)C(=O)C1CCC1. The van der Waals surface area contributed by atoms with Crippen LogP contribution in [0.15, 0.2) is 48.4 Å². The van der Waals surface area contributed by atoms with Crippen molar-refractivity contribution in [1.82, 2.24) is 9.80 Å². The molecule has 2 aromatic rings. The predicted molar refractivity (Wildman–Crippen MR) is 114 cm³/mol. The van der Waals surface area contributed by atoms with E-state index in [4.69, 9.17) is 0 Å². The van der Waals surface area contributed by atoms with Crippen molar-refractivity contribution in [2.75, 3.05) is 13.1 Å². The van der Waals surface area contributed by atoms with Gasteiger partial charge in [-0.1, -0.05) is 24.6 Å². The number of carbonyl (C=O) groups is 2. The van der Waals surface area contributed by atoms with Gasteiger partial charge in [0, 0.05) is 23.9 Å². The number of carbonyl (C=O) groups excluding carboxylic acids is 2. The van der Waals surface area contributed by atoms with Crippen molar-refractivity contribution in [2.45, 2.75) is 39.3 Å². The van der Waals surface area contributed by atoms with Crippen LogP contribution in [0.2, 0.25) is 0 Å². The molecule has 154 valence electrons. The number of hydrogen-bond acceptors (Lipinski definition) is 3. The molecular weight excluding hydrogens is 387 g/mol. The fraction of sp³-hybridized carbons (Fsp3) is 0.391. The van der Waals surface area contributed by atoms with Gasteiger partial charge in [-0.25, -0.2) is 4.39 Å². The number of aryl methyl sites for hydroxylation is 1. The maximum atomic E-state index is 13.3. The van der Waals surface area contributed by atoms with Crippen LogP contribution in [-0.2, 0) is 22.7 Å². The van der Waals surface area contributed by atoms with Crippen LogP contribution in [0.5, 0.6) is 0 Å². The first kappa shape index (κ1) is 21.2. The molecule has 0 saturated heterocycles. The molecule has 0 radical (unpaired) electrons. The maximum absolute atomic E-state index is 13.3. The summed E-state index contributed by atoms with van der Waals surface area (Å²) >= 11 is 1.61. The molecule has 3 rings (SSSR count). The van der Waals surface area contributed by atoms with Crippen molar-refractivity contribution in [3.63, 3.8) is 0 Å². The zero-order chi connectivity index (χ0) is 20.8. The molecular formula is C23H27FN2O2S. The minimum atomic E-state index is -0.302. The van der Waals surface area contributed by atoms with Gasteiger partial charge < -0.3 is 9.80 Å². The van der Waals surface area contributed by atoms with Crippen molar-refractivity contribution in [3.05, 3.63) is 70.2 Å². The summed E-state index contributed by atoms with van der Waals surface area (Å²) in [4.78, 5) is 30.4. The second kappa shape index (κ2) is 9.83. The van der Waals surface area contributed by atoms with E-state index in [1.807, 2.05) is 18.4 Å². The van der Waals surface area contributed by atoms with Gasteiger partial charge in [0.05, 0.1) is 6.54 Å². The van der Waals surface area contributed by atoms with Crippen molar-refractivity contribution in [2.24, 2.45) is 5.92 Å². The van der Waals surface area contributed by atoms with E-state index in [-0.39, 0.29) is 30.1 Å². The van der Waals surface area contributed by atoms with Gasteiger partial charge in [0.15, 0.2) is 0 Å². The molecule has 6 heteroatoms. The van der Waals surface area contributed by atoms with Crippen LogP contribution in [0, 0.1) is 18.7 Å². The smallest absolute Gasteiger partial charge is 0.242 e. The largest absolute Gasteiger partial charge is 0.332 e. The number of hydrogen-bond donors (Lipinski definition) is 0. The molecule has 1 aromatic carbocycles. The van der Waals surface area contributed by atoms with Crippen molar-refractivity contribution < 1.29 is 14.0 Å². The molecule has 2 amide bonds. The molecule has 0 spiro atoms. The van der Waals surface area contributed by atoms with E-state index in [1.54, 1.807) is 39.3 Å². The molecule has 1 heterocycles. The fourth-order valence-electron chi connectivity index (χ4n) is 3.35. The van der Waals surface area contributed by atoms with Gasteiger partial charge in [0.25, 0.3) is 0 Å². The molecule has 1 aliphatic carbocycles. The molecule has 4 nitrogen and oxygen atoms in total. The minimum Gasteiger partial charge on any atom is -0.332 e. The summed E-state index contributed by atoms with van der Waals surface area (Å²) in [6.07, 6.45) is 4.53. The van der Waals surface area contributed by atoms with Crippen LogP contribution >= 0.6 is 11.3 Å². The van der Waals surface area contributed by atoms with E-state index in [0.29, 0.717) is 19.6 Å². The Morgan fingerprint density at radius 3 is 2.45 bits per heavy atom. The Morgan fingerprint density at radius 1 is 1.17 bits per heavy atom. The van der Waals surface area contributed by atoms with Crippen LogP contribution in [0.4, 0.5) is 4.39 Å². The third-order valence-corrected chi connectivity index (χ3v) is 6.39. The molecule has 0 aliphatic heterocycles. The highest BCUT2D eigenvalue weighted by Gasteiger charge is 2.30. The summed E-state index contributed by atoms with van der Waals surface area (Å²) in [5.41, 5.74) is 2.00. The summed E-state index contributed by atoms with van der Waals surface area (Å²) in [5.74, 6) is -0.341. The number of amides is 2. The zero-order valence-electron chi connectivity index (χ0n) is 16.8. The number of nitrogens with zero attached hydrogens (tertiary/aromatic N) is 2. The van der Waals surface area contributed by atoms with Crippen molar-refractivity contribution in [3.8, 4) is 0 Å². The first-order valence-electron chi connectivity index (χ1n) is 9.92. The Morgan fingerprint density at radius 2 is 1.90 bits per heavy atom. The molecule has 1 aliphatic rings. The van der Waals surface area contributed by atoms with Gasteiger partial charge in [0.2, 0.25) is 11.8 Å². The number of rotatable bonds is 9. The number of halogens is 1. The lowest BCUT2D eigenvalue weighted by atomic mass is 9.84. The Balaban J connectivity index is 1.76. The Bertz CT molecular complexity index is 858. The number of benzene rings is 1. The van der Waals surface area contributed by atoms with Crippen molar-refractivity contribution in [1.29, 1.82) is 0 Å². The van der Waals surface area contributed by atoms with Crippen LogP contribution in [0.25, 0.3) is 0 Å². The summed E-state index contributed by atoms with van der Waals surface area (Å²) in [6, 6.07) is 8.22. The van der Waals surface area contributed by atoms with Gasteiger partial charge in [-0.15, -0.1) is 17.9 Å². The number of thiophene rings is 1. The van der Waals surface area contributed by atoms with E-state index in [1.165, 1.54) is 12.1 Å². The minimum absolute atomic E-state index is 0.0347. The van der Waals surface area contributed by atoms with Crippen molar-refractivity contribution >= 4 is 23.2 Å². The first-order chi connectivity index (χ1) is 14.0. The zero-order valence-corrected chi connectivity index (χ0v) is 17.6. The Hall–Kier alpha value is -2.47. The van der Waals surface area contributed by atoms with Gasteiger partial charge in [-0.2, -0.15) is 0 Å². The van der Waals surface area contributed by atoms with E-state index in [9.17, 15) is 14.0 Å². The second-order valence-corrected chi connectivity index (χ2v) is 8.54. The summed E-state index contributed by atoms with van der Waals surface area (Å²) in [6.45, 7) is 7.00. The summed E-state index contributed by atoms with van der Waals surface area (Å²) < 4.78 is 13.3. The van der Waals surface area contributed by atoms with E-state index in [0.717, 1.165) is 35.3 Å². The monoisotopic (exact) mass is 414 g/mol. The van der Waals surface area contributed by atoms with Gasteiger partial charge >= 0.3 is 0 Å². The lowest BCUT2D eigenvalue weighted by Gasteiger charge is -2.32. The van der Waals surface area contributed by atoms with Crippen LogP contribution in [-0.4, -0.2) is 34.7 Å². The topological polar surface area (TPSA) is 40.6 Å². The molecule has 1 saturated carbocycles. The van der Waals surface area contributed by atoms with E-state index in [2.05, 4.69) is 6.58 Å². The molecule has 0 bridgehead atoms. The Kier molecular flexibility index (Phi) is 7.20. The molecule has 1 fully saturated rings. The highest BCUT2D eigenvalue weighted by molar-refractivity contribution is 7.10. The van der Waals surface area contributed by atoms with Gasteiger partial charge in [-0.3, -0.25) is 9.59 Å². The molecule has 29 heavy (non-hydrogen) atoms. The quantitative estimate of drug-likeness (QED) is 0.565. The van der Waals surface area contributed by atoms with E-state index >= 15 is 0 Å². The molecule has 0 atom stereocenters. The average molecular weight is 415 g/mol. The second-order valence-electron chi connectivity index (χ2n) is 7.54. The van der Waals surface area contributed by atoms with Crippen LogP contribution < -0.4 is 0 Å². The lowest BCUT2D eigenvalue weighted by Crippen LogP contribution is -2.45.